The lowest BCUT2D eigenvalue weighted by Gasteiger charge is -2.26. The van der Waals surface area contributed by atoms with E-state index in [0.717, 1.165) is 0 Å². The summed E-state index contributed by atoms with van der Waals surface area (Å²) < 4.78 is 0. The number of nitrogens with one attached hydrogen (secondary N) is 2. The number of aromatic carboxylic acids is 1. The molecule has 3 amide bonds. The van der Waals surface area contributed by atoms with Crippen LogP contribution in [0.1, 0.15) is 15.9 Å². The highest BCUT2D eigenvalue weighted by Crippen LogP contribution is 2.09. The second kappa shape index (κ2) is 6.74. The first-order valence-electron chi connectivity index (χ1n) is 6.68. The quantitative estimate of drug-likeness (QED) is 0.731. The van der Waals surface area contributed by atoms with E-state index >= 15 is 0 Å². The van der Waals surface area contributed by atoms with Gasteiger partial charge in [-0.3, -0.25) is 4.79 Å². The minimum absolute atomic E-state index is 0.0531. The summed E-state index contributed by atoms with van der Waals surface area (Å²) in [6.07, 6.45) is 0.425. The highest BCUT2D eigenvalue weighted by atomic mass is 16.4. The zero-order valence-electron chi connectivity index (χ0n) is 11.5. The molecule has 0 aromatic heterocycles. The Morgan fingerprint density at radius 3 is 2.81 bits per heavy atom. The van der Waals surface area contributed by atoms with Gasteiger partial charge in [0, 0.05) is 19.6 Å². The Hall–Kier alpha value is -2.57. The van der Waals surface area contributed by atoms with Crippen LogP contribution in [0.5, 0.6) is 0 Å². The van der Waals surface area contributed by atoms with E-state index in [0.29, 0.717) is 31.6 Å². The van der Waals surface area contributed by atoms with Crippen LogP contribution in [0.3, 0.4) is 0 Å². The SMILES string of the molecule is O=C1CN(C(=O)NCCc2ccccc2C(=O)O)CCN1. The molecule has 7 nitrogen and oxygen atoms in total. The molecule has 0 aliphatic carbocycles. The first-order chi connectivity index (χ1) is 10.1. The average molecular weight is 291 g/mol. The number of hydrogen-bond donors (Lipinski definition) is 3. The maximum Gasteiger partial charge on any atom is 0.335 e. The maximum absolute atomic E-state index is 11.9. The van der Waals surface area contributed by atoms with E-state index in [-0.39, 0.29) is 24.0 Å². The predicted octanol–water partition coefficient (Wildman–Crippen LogP) is 0.0687. The molecule has 1 fully saturated rings. The van der Waals surface area contributed by atoms with Crippen molar-refractivity contribution in [3.63, 3.8) is 0 Å². The summed E-state index contributed by atoms with van der Waals surface area (Å²) in [7, 11) is 0. The van der Waals surface area contributed by atoms with E-state index in [1.165, 1.54) is 11.0 Å². The van der Waals surface area contributed by atoms with Gasteiger partial charge < -0.3 is 20.6 Å². The molecule has 0 unspecified atom stereocenters. The molecule has 1 aromatic rings. The summed E-state index contributed by atoms with van der Waals surface area (Å²) in [5.74, 6) is -1.16. The van der Waals surface area contributed by atoms with Gasteiger partial charge in [-0.1, -0.05) is 18.2 Å². The lowest BCUT2D eigenvalue weighted by atomic mass is 10.0. The zero-order valence-corrected chi connectivity index (χ0v) is 11.5. The highest BCUT2D eigenvalue weighted by molar-refractivity contribution is 5.89. The lowest BCUT2D eigenvalue weighted by molar-refractivity contribution is -0.123. The molecule has 1 aliphatic heterocycles. The topological polar surface area (TPSA) is 98.7 Å². The van der Waals surface area contributed by atoms with Crippen LogP contribution in [0.15, 0.2) is 24.3 Å². The number of rotatable bonds is 4. The number of hydrogen-bond acceptors (Lipinski definition) is 3. The van der Waals surface area contributed by atoms with Crippen LogP contribution in [0.2, 0.25) is 0 Å². The van der Waals surface area contributed by atoms with Crippen molar-refractivity contribution in [1.29, 1.82) is 0 Å². The van der Waals surface area contributed by atoms with Crippen LogP contribution in [0.25, 0.3) is 0 Å². The number of carboxylic acids is 1. The molecule has 3 N–H and O–H groups in total. The van der Waals surface area contributed by atoms with Gasteiger partial charge in [0.15, 0.2) is 0 Å². The Balaban J connectivity index is 1.85. The molecule has 2 rings (SSSR count). The van der Waals surface area contributed by atoms with Crippen molar-refractivity contribution in [3.8, 4) is 0 Å². The van der Waals surface area contributed by atoms with Crippen molar-refractivity contribution in [2.75, 3.05) is 26.2 Å². The van der Waals surface area contributed by atoms with Gasteiger partial charge in [0.1, 0.15) is 6.54 Å². The number of piperazine rings is 1. The molecule has 0 spiro atoms. The van der Waals surface area contributed by atoms with Gasteiger partial charge in [-0.05, 0) is 18.1 Å². The van der Waals surface area contributed by atoms with E-state index in [1.54, 1.807) is 18.2 Å². The van der Waals surface area contributed by atoms with E-state index in [1.807, 2.05) is 0 Å². The van der Waals surface area contributed by atoms with Crippen molar-refractivity contribution in [1.82, 2.24) is 15.5 Å². The summed E-state index contributed by atoms with van der Waals surface area (Å²) in [5, 5.41) is 14.4. The second-order valence-electron chi connectivity index (χ2n) is 4.72. The normalized spacial score (nSPS) is 14.5. The molecule has 1 aliphatic rings. The summed E-state index contributed by atoms with van der Waals surface area (Å²) in [5.41, 5.74) is 0.908. The van der Waals surface area contributed by atoms with E-state index in [9.17, 15) is 14.4 Å². The molecule has 1 aromatic carbocycles. The van der Waals surface area contributed by atoms with Crippen LogP contribution >= 0.6 is 0 Å². The average Bonchev–Trinajstić information content (AvgIpc) is 2.47. The molecular formula is C14H17N3O4. The maximum atomic E-state index is 11.9. The largest absolute Gasteiger partial charge is 0.478 e. The van der Waals surface area contributed by atoms with Crippen LogP contribution in [-0.2, 0) is 11.2 Å². The van der Waals surface area contributed by atoms with E-state index < -0.39 is 5.97 Å². The fraction of sp³-hybridized carbons (Fsp3) is 0.357. The zero-order chi connectivity index (χ0) is 15.2. The van der Waals surface area contributed by atoms with Crippen LogP contribution in [0.4, 0.5) is 4.79 Å². The van der Waals surface area contributed by atoms with Gasteiger partial charge in [-0.2, -0.15) is 0 Å². The monoisotopic (exact) mass is 291 g/mol. The molecule has 1 heterocycles. The summed E-state index contributed by atoms with van der Waals surface area (Å²) >= 11 is 0. The van der Waals surface area contributed by atoms with Gasteiger partial charge in [-0.25, -0.2) is 9.59 Å². The molecular weight excluding hydrogens is 274 g/mol. The number of benzene rings is 1. The van der Waals surface area contributed by atoms with Crippen molar-refractivity contribution >= 4 is 17.9 Å². The number of carbonyl (C=O) groups excluding carboxylic acids is 2. The van der Waals surface area contributed by atoms with Gasteiger partial charge in [-0.15, -0.1) is 0 Å². The third-order valence-electron chi connectivity index (χ3n) is 3.24. The summed E-state index contributed by atoms with van der Waals surface area (Å²) in [4.78, 5) is 35.6. The summed E-state index contributed by atoms with van der Waals surface area (Å²) in [6.45, 7) is 1.30. The predicted molar refractivity (Wildman–Crippen MR) is 75.1 cm³/mol. The fourth-order valence-corrected chi connectivity index (χ4v) is 2.17. The number of urea groups is 1. The molecule has 0 bridgehead atoms. The standard InChI is InChI=1S/C14H17N3O4/c18-12-9-17(8-7-15-12)14(21)16-6-5-10-3-1-2-4-11(10)13(19)20/h1-4H,5-9H2,(H,15,18)(H,16,21)(H,19,20). The third-order valence-corrected chi connectivity index (χ3v) is 3.24. The first-order valence-corrected chi connectivity index (χ1v) is 6.68. The van der Waals surface area contributed by atoms with Crippen molar-refractivity contribution in [3.05, 3.63) is 35.4 Å². The number of carbonyl (C=O) groups is 3. The second-order valence-corrected chi connectivity index (χ2v) is 4.72. The Morgan fingerprint density at radius 1 is 1.33 bits per heavy atom. The number of amides is 3. The minimum Gasteiger partial charge on any atom is -0.478 e. The lowest BCUT2D eigenvalue weighted by Crippen LogP contribution is -2.53. The number of nitrogens with zero attached hydrogens (tertiary/aromatic N) is 1. The Labute approximate surface area is 121 Å². The molecule has 1 saturated heterocycles. The molecule has 0 radical (unpaired) electrons. The molecule has 0 atom stereocenters. The Morgan fingerprint density at radius 2 is 2.10 bits per heavy atom. The Kier molecular flexibility index (Phi) is 4.76. The van der Waals surface area contributed by atoms with Gasteiger partial charge >= 0.3 is 12.0 Å². The fourth-order valence-electron chi connectivity index (χ4n) is 2.17. The smallest absolute Gasteiger partial charge is 0.335 e. The summed E-state index contributed by atoms with van der Waals surface area (Å²) in [6, 6.07) is 6.38. The molecule has 112 valence electrons. The minimum atomic E-state index is -0.982. The van der Waals surface area contributed by atoms with Gasteiger partial charge in [0.25, 0.3) is 0 Å². The highest BCUT2D eigenvalue weighted by Gasteiger charge is 2.20. The molecule has 0 saturated carbocycles. The van der Waals surface area contributed by atoms with Crippen LogP contribution in [0, 0.1) is 0 Å². The first kappa shape index (κ1) is 14.8. The van der Waals surface area contributed by atoms with Crippen LogP contribution < -0.4 is 10.6 Å². The molecule has 21 heavy (non-hydrogen) atoms. The van der Waals surface area contributed by atoms with Crippen molar-refractivity contribution < 1.29 is 19.5 Å². The van der Waals surface area contributed by atoms with Crippen molar-refractivity contribution in [2.45, 2.75) is 6.42 Å². The van der Waals surface area contributed by atoms with Gasteiger partial charge in [0.2, 0.25) is 5.91 Å². The number of carboxylic acid groups (broad SMARTS) is 1. The van der Waals surface area contributed by atoms with Crippen LogP contribution in [-0.4, -0.2) is 54.1 Å². The van der Waals surface area contributed by atoms with Crippen molar-refractivity contribution in [2.24, 2.45) is 0 Å². The molecule has 7 heteroatoms. The van der Waals surface area contributed by atoms with E-state index in [4.69, 9.17) is 5.11 Å². The Bertz CT molecular complexity index is 559. The van der Waals surface area contributed by atoms with E-state index in [2.05, 4.69) is 10.6 Å². The van der Waals surface area contributed by atoms with Gasteiger partial charge in [0.05, 0.1) is 5.56 Å². The third kappa shape index (κ3) is 3.95.